The van der Waals surface area contributed by atoms with Gasteiger partial charge in [-0.25, -0.2) is 5.43 Å². The number of hydrogen-bond acceptors (Lipinski definition) is 2. The van der Waals surface area contributed by atoms with Gasteiger partial charge in [0.1, 0.15) is 0 Å². The molecule has 4 nitrogen and oxygen atoms in total. The van der Waals surface area contributed by atoms with Gasteiger partial charge in [0, 0.05) is 11.9 Å². The molecule has 1 aromatic rings. The first-order chi connectivity index (χ1) is 6.27. The predicted molar refractivity (Wildman–Crippen MR) is 50.0 cm³/mol. The van der Waals surface area contributed by atoms with E-state index in [9.17, 15) is 4.79 Å². The van der Waals surface area contributed by atoms with E-state index in [-0.39, 0.29) is 5.91 Å². The third-order valence-corrected chi connectivity index (χ3v) is 1.88. The summed E-state index contributed by atoms with van der Waals surface area (Å²) in [6.07, 6.45) is 3.59. The second kappa shape index (κ2) is 2.90. The lowest BCUT2D eigenvalue weighted by Gasteiger charge is -1.92. The van der Waals surface area contributed by atoms with Crippen LogP contribution >= 0.6 is 0 Å². The molecule has 2 heterocycles. The second-order valence-corrected chi connectivity index (χ2v) is 2.82. The van der Waals surface area contributed by atoms with Crippen LogP contribution in [0.4, 0.5) is 0 Å². The van der Waals surface area contributed by atoms with Crippen LogP contribution in [0, 0.1) is 0 Å². The Hall–Kier alpha value is -1.84. The van der Waals surface area contributed by atoms with Crippen LogP contribution in [0.2, 0.25) is 0 Å². The average Bonchev–Trinajstić information content (AvgIpc) is 2.70. The minimum absolute atomic E-state index is 0.146. The van der Waals surface area contributed by atoms with Crippen molar-refractivity contribution in [3.63, 3.8) is 0 Å². The summed E-state index contributed by atoms with van der Waals surface area (Å²) in [5.41, 5.74) is 4.64. The van der Waals surface area contributed by atoms with Gasteiger partial charge in [0.05, 0.1) is 11.3 Å². The lowest BCUT2D eigenvalue weighted by atomic mass is 10.1. The third-order valence-electron chi connectivity index (χ3n) is 1.88. The first-order valence-corrected chi connectivity index (χ1v) is 3.97. The highest BCUT2D eigenvalue weighted by atomic mass is 16.2. The zero-order valence-electron chi connectivity index (χ0n) is 7.16. The Morgan fingerprint density at radius 3 is 2.92 bits per heavy atom. The highest BCUT2D eigenvalue weighted by molar-refractivity contribution is 6.26. The minimum atomic E-state index is -0.146. The molecule has 0 atom stereocenters. The maximum Gasteiger partial charge on any atom is 0.273 e. The summed E-state index contributed by atoms with van der Waals surface area (Å²) in [6.45, 7) is 1.80. The van der Waals surface area contributed by atoms with E-state index in [1.165, 1.54) is 0 Å². The number of nitrogens with one attached hydrogen (secondary N) is 2. The Kier molecular flexibility index (Phi) is 1.73. The number of carbonyl (C=O) groups excluding carboxylic acids is 1. The number of nitrogens with zero attached hydrogens (tertiary/aromatic N) is 1. The van der Waals surface area contributed by atoms with E-state index in [2.05, 4.69) is 15.5 Å². The fourth-order valence-electron chi connectivity index (χ4n) is 1.18. The Balaban J connectivity index is 2.35. The molecule has 1 aliphatic rings. The zero-order chi connectivity index (χ0) is 9.26. The topological polar surface area (TPSA) is 57.2 Å². The lowest BCUT2D eigenvalue weighted by molar-refractivity contribution is -0.116. The smallest absolute Gasteiger partial charge is 0.273 e. The van der Waals surface area contributed by atoms with Crippen LogP contribution in [0.25, 0.3) is 6.08 Å². The fraction of sp³-hybridized carbons (Fsp3) is 0.111. The van der Waals surface area contributed by atoms with Gasteiger partial charge in [-0.1, -0.05) is 0 Å². The summed E-state index contributed by atoms with van der Waals surface area (Å²) >= 11 is 0. The Labute approximate surface area is 75.3 Å². The SMILES string of the molecule is CC1=NNC(=O)/C1=C/c1ccc[nH]1. The summed E-state index contributed by atoms with van der Waals surface area (Å²) in [5.74, 6) is -0.146. The molecular weight excluding hydrogens is 166 g/mol. The zero-order valence-corrected chi connectivity index (χ0v) is 7.16. The standard InChI is InChI=1S/C9H9N3O/c1-6-8(9(13)12-11-6)5-7-3-2-4-10-7/h2-5,10H,1H3,(H,12,13)/b8-5+. The van der Waals surface area contributed by atoms with Gasteiger partial charge < -0.3 is 4.98 Å². The van der Waals surface area contributed by atoms with E-state index in [0.29, 0.717) is 5.57 Å². The van der Waals surface area contributed by atoms with Gasteiger partial charge in [-0.05, 0) is 25.1 Å². The van der Waals surface area contributed by atoms with Gasteiger partial charge in [0.2, 0.25) is 0 Å². The van der Waals surface area contributed by atoms with E-state index < -0.39 is 0 Å². The molecule has 13 heavy (non-hydrogen) atoms. The molecule has 2 rings (SSSR count). The maximum absolute atomic E-state index is 11.2. The van der Waals surface area contributed by atoms with Crippen LogP contribution in [0.15, 0.2) is 29.0 Å². The summed E-state index contributed by atoms with van der Waals surface area (Å²) in [5, 5.41) is 3.81. The molecule has 0 aromatic carbocycles. The van der Waals surface area contributed by atoms with E-state index in [4.69, 9.17) is 0 Å². The molecule has 1 aliphatic heterocycles. The molecule has 4 heteroatoms. The van der Waals surface area contributed by atoms with Crippen LogP contribution in [0.3, 0.4) is 0 Å². The van der Waals surface area contributed by atoms with Crippen molar-refractivity contribution in [2.45, 2.75) is 6.92 Å². The third kappa shape index (κ3) is 1.38. The van der Waals surface area contributed by atoms with Crippen molar-refractivity contribution >= 4 is 17.7 Å². The van der Waals surface area contributed by atoms with Gasteiger partial charge >= 0.3 is 0 Å². The molecule has 0 fully saturated rings. The number of aromatic amines is 1. The first kappa shape index (κ1) is 7.79. The summed E-state index contributed by atoms with van der Waals surface area (Å²) in [4.78, 5) is 14.2. The molecule has 1 aromatic heterocycles. The summed E-state index contributed by atoms with van der Waals surface area (Å²) in [6, 6.07) is 3.78. The Morgan fingerprint density at radius 1 is 1.54 bits per heavy atom. The quantitative estimate of drug-likeness (QED) is 0.612. The highest BCUT2D eigenvalue weighted by Crippen LogP contribution is 2.10. The van der Waals surface area contributed by atoms with Gasteiger partial charge in [-0.3, -0.25) is 4.79 Å². The highest BCUT2D eigenvalue weighted by Gasteiger charge is 2.18. The van der Waals surface area contributed by atoms with Crippen LogP contribution in [0.1, 0.15) is 12.6 Å². The normalized spacial score (nSPS) is 19.0. The Bertz CT molecular complexity index is 387. The lowest BCUT2D eigenvalue weighted by Crippen LogP contribution is -2.12. The molecule has 0 radical (unpaired) electrons. The van der Waals surface area contributed by atoms with Crippen LogP contribution in [-0.2, 0) is 4.79 Å². The van der Waals surface area contributed by atoms with E-state index in [0.717, 1.165) is 11.4 Å². The largest absolute Gasteiger partial charge is 0.362 e. The van der Waals surface area contributed by atoms with Crippen LogP contribution < -0.4 is 5.43 Å². The number of rotatable bonds is 1. The Morgan fingerprint density at radius 2 is 2.38 bits per heavy atom. The predicted octanol–water partition coefficient (Wildman–Crippen LogP) is 0.904. The number of aromatic nitrogens is 1. The summed E-state index contributed by atoms with van der Waals surface area (Å²) < 4.78 is 0. The molecule has 0 aliphatic carbocycles. The number of hydrazone groups is 1. The summed E-state index contributed by atoms with van der Waals surface area (Å²) in [7, 11) is 0. The monoisotopic (exact) mass is 175 g/mol. The van der Waals surface area contributed by atoms with Crippen molar-refractivity contribution in [2.24, 2.45) is 5.10 Å². The fourth-order valence-corrected chi connectivity index (χ4v) is 1.18. The molecule has 1 amide bonds. The molecule has 66 valence electrons. The molecule has 0 saturated heterocycles. The van der Waals surface area contributed by atoms with Crippen LogP contribution in [-0.4, -0.2) is 16.6 Å². The van der Waals surface area contributed by atoms with E-state index in [1.54, 1.807) is 13.0 Å². The van der Waals surface area contributed by atoms with Crippen molar-refractivity contribution in [3.05, 3.63) is 29.6 Å². The molecule has 2 N–H and O–H groups in total. The molecule has 0 saturated carbocycles. The van der Waals surface area contributed by atoms with Gasteiger partial charge in [-0.15, -0.1) is 0 Å². The van der Waals surface area contributed by atoms with Crippen molar-refractivity contribution < 1.29 is 4.79 Å². The molecule has 0 bridgehead atoms. The minimum Gasteiger partial charge on any atom is -0.362 e. The van der Waals surface area contributed by atoms with E-state index in [1.807, 2.05) is 18.3 Å². The van der Waals surface area contributed by atoms with Crippen molar-refractivity contribution in [3.8, 4) is 0 Å². The first-order valence-electron chi connectivity index (χ1n) is 3.97. The van der Waals surface area contributed by atoms with Gasteiger partial charge in [0.15, 0.2) is 0 Å². The maximum atomic E-state index is 11.2. The van der Waals surface area contributed by atoms with Gasteiger partial charge in [-0.2, -0.15) is 5.10 Å². The average molecular weight is 175 g/mol. The molecule has 0 spiro atoms. The molecular formula is C9H9N3O. The van der Waals surface area contributed by atoms with Crippen molar-refractivity contribution in [1.29, 1.82) is 0 Å². The number of carbonyl (C=O) groups is 1. The number of H-pyrrole nitrogens is 1. The van der Waals surface area contributed by atoms with Crippen molar-refractivity contribution in [2.75, 3.05) is 0 Å². The number of hydrogen-bond donors (Lipinski definition) is 2. The molecule has 0 unspecified atom stereocenters. The number of amides is 1. The van der Waals surface area contributed by atoms with Crippen molar-refractivity contribution in [1.82, 2.24) is 10.4 Å². The van der Waals surface area contributed by atoms with Gasteiger partial charge in [0.25, 0.3) is 5.91 Å². The second-order valence-electron chi connectivity index (χ2n) is 2.82. The van der Waals surface area contributed by atoms with Crippen LogP contribution in [0.5, 0.6) is 0 Å². The van der Waals surface area contributed by atoms with E-state index >= 15 is 0 Å².